The molecule has 0 bridgehead atoms. The van der Waals surface area contributed by atoms with Crippen molar-refractivity contribution in [1.29, 1.82) is 0 Å². The molecule has 1 aromatic carbocycles. The van der Waals surface area contributed by atoms with Crippen LogP contribution in [0.2, 0.25) is 0 Å². The molecule has 1 aliphatic carbocycles. The fourth-order valence-electron chi connectivity index (χ4n) is 2.92. The van der Waals surface area contributed by atoms with E-state index in [2.05, 4.69) is 55.1 Å². The van der Waals surface area contributed by atoms with Gasteiger partial charge in [-0.15, -0.1) is 0 Å². The molecular formula is C16H18N+. The molecule has 0 aliphatic heterocycles. The zero-order chi connectivity index (χ0) is 11.8. The average Bonchev–Trinajstić information content (AvgIpc) is 2.79. The normalized spacial score (nSPS) is 13.8. The molecule has 1 heterocycles. The van der Waals surface area contributed by atoms with Crippen LogP contribution in [0.3, 0.4) is 0 Å². The third-order valence-corrected chi connectivity index (χ3v) is 3.80. The minimum absolute atomic E-state index is 1.24. The summed E-state index contributed by atoms with van der Waals surface area (Å²) < 4.78 is 2.22. The summed E-state index contributed by atoms with van der Waals surface area (Å²) in [6.45, 7) is 2.22. The molecule has 0 saturated carbocycles. The van der Waals surface area contributed by atoms with Crippen molar-refractivity contribution in [2.75, 3.05) is 0 Å². The summed E-state index contributed by atoms with van der Waals surface area (Å²) >= 11 is 0. The number of rotatable bonds is 1. The lowest BCUT2D eigenvalue weighted by Gasteiger charge is -2.10. The standard InChI is InChI=1S/C16H18N/c1-12-9-10-13-6-5-7-14(13)16(12)15-8-3-4-11-17(15)2/h3-4,8-11H,5-7H2,1-2H3/q+1. The van der Waals surface area contributed by atoms with E-state index in [1.54, 1.807) is 11.1 Å². The van der Waals surface area contributed by atoms with Gasteiger partial charge in [-0.05, 0) is 48.9 Å². The van der Waals surface area contributed by atoms with Gasteiger partial charge in [0.1, 0.15) is 7.05 Å². The van der Waals surface area contributed by atoms with Crippen LogP contribution in [-0.4, -0.2) is 0 Å². The van der Waals surface area contributed by atoms with Gasteiger partial charge >= 0.3 is 0 Å². The Hall–Kier alpha value is -1.63. The van der Waals surface area contributed by atoms with E-state index in [4.69, 9.17) is 0 Å². The molecule has 3 rings (SSSR count). The molecule has 1 aromatic heterocycles. The zero-order valence-electron chi connectivity index (χ0n) is 10.5. The second-order valence-electron chi connectivity index (χ2n) is 4.95. The minimum Gasteiger partial charge on any atom is -0.201 e. The monoisotopic (exact) mass is 224 g/mol. The summed E-state index contributed by atoms with van der Waals surface area (Å²) in [7, 11) is 2.13. The molecule has 0 radical (unpaired) electrons. The zero-order valence-corrected chi connectivity index (χ0v) is 10.5. The number of hydrogen-bond donors (Lipinski definition) is 0. The molecule has 0 spiro atoms. The molecule has 1 nitrogen and oxygen atoms in total. The number of nitrogens with zero attached hydrogens (tertiary/aromatic N) is 1. The van der Waals surface area contributed by atoms with Crippen molar-refractivity contribution in [2.24, 2.45) is 7.05 Å². The van der Waals surface area contributed by atoms with Crippen LogP contribution >= 0.6 is 0 Å². The number of aryl methyl sites for hydroxylation is 3. The van der Waals surface area contributed by atoms with Crippen LogP contribution in [0.15, 0.2) is 36.5 Å². The highest BCUT2D eigenvalue weighted by Gasteiger charge is 2.21. The maximum Gasteiger partial charge on any atom is 0.212 e. The number of fused-ring (bicyclic) bond motifs is 1. The molecule has 2 aromatic rings. The van der Waals surface area contributed by atoms with Gasteiger partial charge in [0, 0.05) is 12.1 Å². The van der Waals surface area contributed by atoms with Crippen LogP contribution in [-0.2, 0) is 19.9 Å². The lowest BCUT2D eigenvalue weighted by Crippen LogP contribution is -2.30. The average molecular weight is 224 g/mol. The number of hydrogen-bond acceptors (Lipinski definition) is 0. The van der Waals surface area contributed by atoms with Crippen LogP contribution in [0.4, 0.5) is 0 Å². The summed E-state index contributed by atoms with van der Waals surface area (Å²) in [6, 6.07) is 11.0. The molecular weight excluding hydrogens is 206 g/mol. The Morgan fingerprint density at radius 1 is 1.06 bits per heavy atom. The van der Waals surface area contributed by atoms with E-state index >= 15 is 0 Å². The largest absolute Gasteiger partial charge is 0.212 e. The van der Waals surface area contributed by atoms with Crippen LogP contribution in [0.5, 0.6) is 0 Å². The van der Waals surface area contributed by atoms with Gasteiger partial charge in [-0.1, -0.05) is 12.1 Å². The van der Waals surface area contributed by atoms with Crippen molar-refractivity contribution in [3.8, 4) is 11.3 Å². The lowest BCUT2D eigenvalue weighted by molar-refractivity contribution is -0.660. The molecule has 0 N–H and O–H groups in total. The summed E-state index contributed by atoms with van der Waals surface area (Å²) in [5.41, 5.74) is 7.32. The smallest absolute Gasteiger partial charge is 0.201 e. The van der Waals surface area contributed by atoms with E-state index in [1.165, 1.54) is 36.1 Å². The van der Waals surface area contributed by atoms with Crippen LogP contribution in [0.1, 0.15) is 23.1 Å². The highest BCUT2D eigenvalue weighted by Crippen LogP contribution is 2.33. The molecule has 1 aliphatic rings. The molecule has 1 heteroatoms. The summed E-state index contributed by atoms with van der Waals surface area (Å²) in [5.74, 6) is 0. The van der Waals surface area contributed by atoms with Crippen molar-refractivity contribution >= 4 is 0 Å². The summed E-state index contributed by atoms with van der Waals surface area (Å²) in [4.78, 5) is 0. The van der Waals surface area contributed by atoms with E-state index in [-0.39, 0.29) is 0 Å². The fraction of sp³-hybridized carbons (Fsp3) is 0.312. The van der Waals surface area contributed by atoms with Crippen molar-refractivity contribution in [3.05, 3.63) is 53.2 Å². The molecule has 0 fully saturated rings. The Morgan fingerprint density at radius 2 is 1.94 bits per heavy atom. The van der Waals surface area contributed by atoms with Gasteiger partial charge in [-0.2, -0.15) is 0 Å². The van der Waals surface area contributed by atoms with Gasteiger partial charge in [0.25, 0.3) is 0 Å². The lowest BCUT2D eigenvalue weighted by atomic mass is 9.95. The van der Waals surface area contributed by atoms with Gasteiger partial charge in [0.05, 0.1) is 5.56 Å². The predicted molar refractivity (Wildman–Crippen MR) is 69.8 cm³/mol. The third-order valence-electron chi connectivity index (χ3n) is 3.80. The first-order chi connectivity index (χ1) is 8.27. The molecule has 17 heavy (non-hydrogen) atoms. The molecule has 0 saturated heterocycles. The SMILES string of the molecule is Cc1ccc2c(c1-c1cccc[n+]1C)CCC2. The van der Waals surface area contributed by atoms with Gasteiger partial charge in [-0.25, -0.2) is 4.57 Å². The maximum absolute atomic E-state index is 2.31. The van der Waals surface area contributed by atoms with Gasteiger partial charge < -0.3 is 0 Å². The van der Waals surface area contributed by atoms with Crippen LogP contribution in [0, 0.1) is 6.92 Å². The minimum atomic E-state index is 1.24. The van der Waals surface area contributed by atoms with E-state index in [0.29, 0.717) is 0 Å². The maximum atomic E-state index is 2.31. The first kappa shape index (κ1) is 10.5. The van der Waals surface area contributed by atoms with E-state index < -0.39 is 0 Å². The Labute approximate surface area is 103 Å². The number of aromatic nitrogens is 1. The van der Waals surface area contributed by atoms with Gasteiger partial charge in [0.2, 0.25) is 5.69 Å². The van der Waals surface area contributed by atoms with E-state index in [9.17, 15) is 0 Å². The molecule has 0 amide bonds. The Balaban J connectivity index is 2.28. The van der Waals surface area contributed by atoms with Crippen molar-refractivity contribution in [2.45, 2.75) is 26.2 Å². The fourth-order valence-corrected chi connectivity index (χ4v) is 2.92. The van der Waals surface area contributed by atoms with Crippen molar-refractivity contribution in [3.63, 3.8) is 0 Å². The quantitative estimate of drug-likeness (QED) is 0.656. The van der Waals surface area contributed by atoms with Crippen LogP contribution in [0.25, 0.3) is 11.3 Å². The highest BCUT2D eigenvalue weighted by atomic mass is 14.9. The van der Waals surface area contributed by atoms with Gasteiger partial charge in [-0.3, -0.25) is 0 Å². The third kappa shape index (κ3) is 1.66. The summed E-state index contributed by atoms with van der Waals surface area (Å²) in [5, 5.41) is 0. The second-order valence-corrected chi connectivity index (χ2v) is 4.95. The van der Waals surface area contributed by atoms with Gasteiger partial charge in [0.15, 0.2) is 6.20 Å². The van der Waals surface area contributed by atoms with E-state index in [1.807, 2.05) is 0 Å². The Morgan fingerprint density at radius 3 is 2.76 bits per heavy atom. The molecule has 86 valence electrons. The Kier molecular flexibility index (Phi) is 2.47. The molecule has 0 unspecified atom stereocenters. The van der Waals surface area contributed by atoms with Crippen molar-refractivity contribution < 1.29 is 4.57 Å². The van der Waals surface area contributed by atoms with E-state index in [0.717, 1.165) is 0 Å². The first-order valence-electron chi connectivity index (χ1n) is 6.34. The van der Waals surface area contributed by atoms with Crippen LogP contribution < -0.4 is 4.57 Å². The topological polar surface area (TPSA) is 3.88 Å². The summed E-state index contributed by atoms with van der Waals surface area (Å²) in [6.07, 6.45) is 5.92. The molecule has 0 atom stereocenters. The number of pyridine rings is 1. The van der Waals surface area contributed by atoms with Crippen molar-refractivity contribution in [1.82, 2.24) is 0 Å². The predicted octanol–water partition coefficient (Wildman–Crippen LogP) is 2.98. The Bertz CT molecular complexity index is 570. The highest BCUT2D eigenvalue weighted by molar-refractivity contribution is 5.68. The second kappa shape index (κ2) is 3.99. The number of benzene rings is 1. The first-order valence-corrected chi connectivity index (χ1v) is 6.34.